The topological polar surface area (TPSA) is 84.4 Å². The van der Waals surface area contributed by atoms with Crippen molar-refractivity contribution in [2.45, 2.75) is 20.0 Å². The molecule has 36 heavy (non-hydrogen) atoms. The Labute approximate surface area is 209 Å². The Balaban J connectivity index is 1.15. The number of nitrogens with zero attached hydrogens (tertiary/aromatic N) is 3. The number of aromatic hydroxyl groups is 1. The first kappa shape index (κ1) is 22.6. The van der Waals surface area contributed by atoms with Crippen LogP contribution in [0.5, 0.6) is 23.0 Å². The molecule has 3 aliphatic rings. The number of carbonyl (C=O) groups is 1. The van der Waals surface area contributed by atoms with Crippen molar-refractivity contribution in [3.63, 3.8) is 0 Å². The molecule has 8 heteroatoms. The maximum Gasteiger partial charge on any atom is 0.232 e. The van der Waals surface area contributed by atoms with Gasteiger partial charge in [-0.1, -0.05) is 12.1 Å². The van der Waals surface area contributed by atoms with Crippen LogP contribution in [0.25, 0.3) is 6.08 Å². The molecule has 3 aliphatic heterocycles. The Morgan fingerprint density at radius 3 is 2.56 bits per heavy atom. The van der Waals surface area contributed by atoms with Gasteiger partial charge in [0.15, 0.2) is 17.3 Å². The van der Waals surface area contributed by atoms with Gasteiger partial charge in [-0.3, -0.25) is 19.6 Å². The van der Waals surface area contributed by atoms with E-state index in [1.54, 1.807) is 18.3 Å². The Bertz CT molecular complexity index is 1350. The highest BCUT2D eigenvalue weighted by atomic mass is 16.7. The average Bonchev–Trinajstić information content (AvgIpc) is 3.48. The Hall–Kier alpha value is -3.88. The molecular weight excluding hydrogens is 458 g/mol. The van der Waals surface area contributed by atoms with Gasteiger partial charge in [0.05, 0.1) is 16.8 Å². The minimum atomic E-state index is -0.178. The van der Waals surface area contributed by atoms with E-state index in [-0.39, 0.29) is 24.1 Å². The van der Waals surface area contributed by atoms with E-state index in [0.29, 0.717) is 34.7 Å². The van der Waals surface area contributed by atoms with Crippen molar-refractivity contribution in [1.82, 2.24) is 14.8 Å². The van der Waals surface area contributed by atoms with Gasteiger partial charge in [0.2, 0.25) is 12.6 Å². The highest BCUT2D eigenvalue weighted by molar-refractivity contribution is 6.15. The minimum absolute atomic E-state index is 0.154. The number of ether oxygens (including phenoxy) is 3. The average molecular weight is 486 g/mol. The van der Waals surface area contributed by atoms with Gasteiger partial charge in [-0.2, -0.15) is 0 Å². The van der Waals surface area contributed by atoms with E-state index >= 15 is 0 Å². The van der Waals surface area contributed by atoms with Crippen LogP contribution < -0.4 is 14.2 Å². The molecule has 2 aromatic carbocycles. The smallest absolute Gasteiger partial charge is 0.232 e. The molecule has 1 aromatic heterocycles. The van der Waals surface area contributed by atoms with Crippen LogP contribution in [0.4, 0.5) is 0 Å². The molecule has 1 saturated heterocycles. The normalized spacial score (nSPS) is 18.5. The summed E-state index contributed by atoms with van der Waals surface area (Å²) in [6.45, 7) is 6.94. The molecule has 8 nitrogen and oxygen atoms in total. The van der Waals surface area contributed by atoms with E-state index in [9.17, 15) is 9.90 Å². The van der Waals surface area contributed by atoms with Crippen LogP contribution >= 0.6 is 0 Å². The maximum absolute atomic E-state index is 13.1. The predicted molar refractivity (Wildman–Crippen MR) is 133 cm³/mol. The number of hydrogen-bond donors (Lipinski definition) is 1. The van der Waals surface area contributed by atoms with Gasteiger partial charge in [0, 0.05) is 51.5 Å². The lowest BCUT2D eigenvalue weighted by molar-refractivity contribution is 0.101. The van der Waals surface area contributed by atoms with Crippen molar-refractivity contribution >= 4 is 11.9 Å². The third kappa shape index (κ3) is 4.29. The van der Waals surface area contributed by atoms with Crippen LogP contribution in [0.3, 0.4) is 0 Å². The van der Waals surface area contributed by atoms with Crippen molar-refractivity contribution in [1.29, 1.82) is 0 Å². The van der Waals surface area contributed by atoms with Crippen molar-refractivity contribution < 1.29 is 24.1 Å². The first-order valence-electron chi connectivity index (χ1n) is 12.1. The van der Waals surface area contributed by atoms with E-state index in [4.69, 9.17) is 14.2 Å². The maximum atomic E-state index is 13.1. The molecule has 0 aliphatic carbocycles. The Morgan fingerprint density at radius 2 is 1.78 bits per heavy atom. The lowest BCUT2D eigenvalue weighted by atomic mass is 9.99. The number of piperazine rings is 1. The van der Waals surface area contributed by atoms with E-state index < -0.39 is 0 Å². The first-order valence-corrected chi connectivity index (χ1v) is 12.1. The van der Waals surface area contributed by atoms with Gasteiger partial charge in [-0.15, -0.1) is 0 Å². The molecule has 0 saturated carbocycles. The fourth-order valence-corrected chi connectivity index (χ4v) is 4.96. The quantitative estimate of drug-likeness (QED) is 0.547. The number of carbonyl (C=O) groups excluding carboxylic acids is 1. The van der Waals surface area contributed by atoms with Gasteiger partial charge in [-0.05, 0) is 48.4 Å². The summed E-state index contributed by atoms with van der Waals surface area (Å²) in [5, 5.41) is 10.8. The number of benzene rings is 2. The number of rotatable bonds is 5. The van der Waals surface area contributed by atoms with E-state index in [1.807, 2.05) is 37.3 Å². The van der Waals surface area contributed by atoms with Gasteiger partial charge < -0.3 is 19.3 Å². The van der Waals surface area contributed by atoms with Gasteiger partial charge in [0.1, 0.15) is 11.5 Å². The Morgan fingerprint density at radius 1 is 1.00 bits per heavy atom. The van der Waals surface area contributed by atoms with Crippen molar-refractivity contribution in [3.8, 4) is 23.0 Å². The minimum Gasteiger partial charge on any atom is -0.507 e. The van der Waals surface area contributed by atoms with Crippen molar-refractivity contribution in [2.24, 2.45) is 0 Å². The summed E-state index contributed by atoms with van der Waals surface area (Å²) in [5.41, 5.74) is 3.72. The first-order chi connectivity index (χ1) is 17.5. The number of fused-ring (bicyclic) bond motifs is 2. The van der Waals surface area contributed by atoms with E-state index in [0.717, 1.165) is 44.2 Å². The molecule has 6 rings (SSSR count). The molecule has 0 spiro atoms. The number of phenols is 1. The highest BCUT2D eigenvalue weighted by Crippen LogP contribution is 2.42. The van der Waals surface area contributed by atoms with Crippen LogP contribution in [0.2, 0.25) is 0 Å². The largest absolute Gasteiger partial charge is 0.507 e. The summed E-state index contributed by atoms with van der Waals surface area (Å²) in [4.78, 5) is 22.1. The van der Waals surface area contributed by atoms with Gasteiger partial charge >= 0.3 is 0 Å². The summed E-state index contributed by atoms with van der Waals surface area (Å²) in [5.74, 6) is 2.27. The van der Waals surface area contributed by atoms with Gasteiger partial charge in [0.25, 0.3) is 0 Å². The van der Waals surface area contributed by atoms with E-state index in [2.05, 4.69) is 20.9 Å². The zero-order chi connectivity index (χ0) is 24.6. The molecule has 0 bridgehead atoms. The molecule has 4 heterocycles. The fraction of sp³-hybridized carbons (Fsp3) is 0.286. The lowest BCUT2D eigenvalue weighted by Crippen LogP contribution is -2.45. The third-order valence-electron chi connectivity index (χ3n) is 6.88. The molecule has 1 N–H and O–H groups in total. The Kier molecular flexibility index (Phi) is 5.83. The molecule has 3 aromatic rings. The second-order valence-corrected chi connectivity index (χ2v) is 9.33. The summed E-state index contributed by atoms with van der Waals surface area (Å²) in [6.07, 6.45) is 3.32. The van der Waals surface area contributed by atoms with Crippen LogP contribution in [0.15, 0.2) is 54.4 Å². The van der Waals surface area contributed by atoms with Gasteiger partial charge in [-0.25, -0.2) is 0 Å². The lowest BCUT2D eigenvalue weighted by Gasteiger charge is -2.35. The zero-order valence-corrected chi connectivity index (χ0v) is 20.1. The van der Waals surface area contributed by atoms with Crippen LogP contribution in [-0.4, -0.2) is 58.6 Å². The zero-order valence-electron chi connectivity index (χ0n) is 20.1. The molecule has 0 radical (unpaired) electrons. The molecule has 0 amide bonds. The third-order valence-corrected chi connectivity index (χ3v) is 6.88. The number of aryl methyl sites for hydroxylation is 1. The number of hydrogen-bond acceptors (Lipinski definition) is 8. The highest BCUT2D eigenvalue weighted by Gasteiger charge is 2.34. The molecule has 184 valence electrons. The number of aromatic nitrogens is 1. The fourth-order valence-electron chi connectivity index (χ4n) is 4.96. The summed E-state index contributed by atoms with van der Waals surface area (Å²) in [7, 11) is 0. The number of pyridine rings is 1. The second-order valence-electron chi connectivity index (χ2n) is 9.33. The molecule has 0 atom stereocenters. The summed E-state index contributed by atoms with van der Waals surface area (Å²) < 4.78 is 17.0. The predicted octanol–water partition coefficient (Wildman–Crippen LogP) is 3.76. The molecular formula is C28H27N3O5. The monoisotopic (exact) mass is 485 g/mol. The number of phenolic OH excluding ortho intramolecular Hbond substituents is 1. The van der Waals surface area contributed by atoms with Crippen LogP contribution in [0.1, 0.15) is 32.7 Å². The SMILES string of the molecule is Cc1cc(O)c(CN2CCN(Cc3ccc4c(c3)OCO4)CC2)c2c1C(=O)/C(=C/c1ccccn1)O2. The van der Waals surface area contributed by atoms with Crippen molar-refractivity contribution in [3.05, 3.63) is 82.4 Å². The standard InChI is InChI=1S/C28H27N3O5/c1-18-12-22(32)21(28-26(18)27(33)25(36-28)14-20-4-2-3-7-29-20)16-31-10-8-30(9-11-31)15-19-5-6-23-24(13-19)35-17-34-23/h2-7,12-14,32H,8-11,15-17H2,1H3/b25-14-. The summed E-state index contributed by atoms with van der Waals surface area (Å²) >= 11 is 0. The van der Waals surface area contributed by atoms with E-state index in [1.165, 1.54) is 5.56 Å². The number of Topliss-reactive ketones (excluding diaryl/α,β-unsaturated/α-hetero) is 1. The molecule has 1 fully saturated rings. The second kappa shape index (κ2) is 9.29. The van der Waals surface area contributed by atoms with Crippen LogP contribution in [0, 0.1) is 6.92 Å². The van der Waals surface area contributed by atoms with Crippen LogP contribution in [-0.2, 0) is 13.1 Å². The number of allylic oxidation sites excluding steroid dienone is 1. The molecule has 0 unspecified atom stereocenters. The number of ketones is 1. The van der Waals surface area contributed by atoms with Crippen molar-refractivity contribution in [2.75, 3.05) is 33.0 Å². The summed E-state index contributed by atoms with van der Waals surface area (Å²) in [6, 6.07) is 13.3.